The molecule has 0 spiro atoms. The maximum atomic E-state index is 12.4. The lowest BCUT2D eigenvalue weighted by atomic mass is 10.0. The Balaban J connectivity index is 3.35. The van der Waals surface area contributed by atoms with Gasteiger partial charge >= 0.3 is 0 Å². The monoisotopic (exact) mass is 184 g/mol. The van der Waals surface area contributed by atoms with Crippen LogP contribution >= 0.6 is 0 Å². The van der Waals surface area contributed by atoms with Gasteiger partial charge in [-0.1, -0.05) is 6.07 Å². The molecule has 0 saturated heterocycles. The first-order valence-electron chi connectivity index (χ1n) is 3.75. The van der Waals surface area contributed by atoms with Crippen molar-refractivity contribution in [3.63, 3.8) is 0 Å². The Kier molecular flexibility index (Phi) is 2.60. The highest BCUT2D eigenvalue weighted by molar-refractivity contribution is 5.87. The predicted octanol–water partition coefficient (Wildman–Crippen LogP) is 2.51. The molecule has 0 aromatic heterocycles. The number of halogens is 2. The third-order valence-corrected chi connectivity index (χ3v) is 1.97. The van der Waals surface area contributed by atoms with Crippen LogP contribution in [-0.2, 0) is 0 Å². The zero-order valence-corrected chi connectivity index (χ0v) is 7.14. The molecule has 1 aromatic rings. The third kappa shape index (κ3) is 1.66. The van der Waals surface area contributed by atoms with Gasteiger partial charge in [-0.3, -0.25) is 0 Å². The molecule has 2 nitrogen and oxygen atoms in total. The van der Waals surface area contributed by atoms with Crippen molar-refractivity contribution >= 4 is 11.9 Å². The van der Waals surface area contributed by atoms with Crippen molar-refractivity contribution in [2.45, 2.75) is 13.3 Å². The van der Waals surface area contributed by atoms with E-state index in [1.165, 1.54) is 19.1 Å². The number of hydrogen-bond acceptors (Lipinski definition) is 2. The normalized spacial score (nSPS) is 10.5. The number of alkyl halides is 2. The van der Waals surface area contributed by atoms with Crippen molar-refractivity contribution in [1.82, 2.24) is 0 Å². The maximum absolute atomic E-state index is 12.4. The second kappa shape index (κ2) is 3.51. The smallest absolute Gasteiger partial charge is 0.264 e. The standard InChI is InChI=1S/C9H10F2N2/c1-5-6(9(10)11)2-3-8(13)7(5)4-12/h2-4,9,12H,13H2,1H3. The number of rotatable bonds is 2. The van der Waals surface area contributed by atoms with Crippen LogP contribution in [0.25, 0.3) is 0 Å². The van der Waals surface area contributed by atoms with E-state index in [0.29, 0.717) is 16.8 Å². The van der Waals surface area contributed by atoms with Crippen molar-refractivity contribution in [3.8, 4) is 0 Å². The minimum absolute atomic E-state index is 0.0623. The minimum Gasteiger partial charge on any atom is -0.398 e. The minimum atomic E-state index is -2.51. The predicted molar refractivity (Wildman–Crippen MR) is 48.4 cm³/mol. The number of hydrogen-bond donors (Lipinski definition) is 2. The molecule has 0 saturated carbocycles. The first-order chi connectivity index (χ1) is 6.07. The summed E-state index contributed by atoms with van der Waals surface area (Å²) in [6.45, 7) is 1.54. The second-order valence-corrected chi connectivity index (χ2v) is 2.73. The average molecular weight is 184 g/mol. The largest absolute Gasteiger partial charge is 0.398 e. The summed E-state index contributed by atoms with van der Waals surface area (Å²) in [7, 11) is 0. The fraction of sp³-hybridized carbons (Fsp3) is 0.222. The van der Waals surface area contributed by atoms with E-state index >= 15 is 0 Å². The molecule has 70 valence electrons. The fourth-order valence-electron chi connectivity index (χ4n) is 1.19. The van der Waals surface area contributed by atoms with Crippen LogP contribution in [0.4, 0.5) is 14.5 Å². The van der Waals surface area contributed by atoms with Gasteiger partial charge in [0.05, 0.1) is 0 Å². The number of benzene rings is 1. The number of nitrogens with one attached hydrogen (secondary N) is 1. The SMILES string of the molecule is Cc1c(C(F)F)ccc(N)c1C=N. The van der Waals surface area contributed by atoms with Crippen molar-refractivity contribution in [2.24, 2.45) is 0 Å². The molecule has 0 amide bonds. The Bertz CT molecular complexity index is 335. The van der Waals surface area contributed by atoms with Crippen LogP contribution in [0.15, 0.2) is 12.1 Å². The van der Waals surface area contributed by atoms with Gasteiger partial charge in [0.25, 0.3) is 6.43 Å². The topological polar surface area (TPSA) is 49.9 Å². The van der Waals surface area contributed by atoms with E-state index in [4.69, 9.17) is 11.1 Å². The molecule has 0 heterocycles. The molecule has 3 N–H and O–H groups in total. The summed E-state index contributed by atoms with van der Waals surface area (Å²) >= 11 is 0. The lowest BCUT2D eigenvalue weighted by Crippen LogP contribution is -2.00. The van der Waals surface area contributed by atoms with Gasteiger partial charge in [-0.2, -0.15) is 0 Å². The zero-order valence-electron chi connectivity index (χ0n) is 7.14. The zero-order chi connectivity index (χ0) is 10.0. The van der Waals surface area contributed by atoms with Gasteiger partial charge in [-0.25, -0.2) is 8.78 Å². The molecule has 0 aliphatic heterocycles. The number of anilines is 1. The van der Waals surface area contributed by atoms with Crippen LogP contribution in [-0.4, -0.2) is 6.21 Å². The second-order valence-electron chi connectivity index (χ2n) is 2.73. The summed E-state index contributed by atoms with van der Waals surface area (Å²) < 4.78 is 24.7. The lowest BCUT2D eigenvalue weighted by Gasteiger charge is -2.09. The Morgan fingerprint density at radius 2 is 2.08 bits per heavy atom. The van der Waals surface area contributed by atoms with E-state index < -0.39 is 6.43 Å². The Morgan fingerprint density at radius 1 is 1.46 bits per heavy atom. The van der Waals surface area contributed by atoms with Gasteiger partial charge < -0.3 is 11.1 Å². The summed E-state index contributed by atoms with van der Waals surface area (Å²) in [5.41, 5.74) is 6.55. The average Bonchev–Trinajstić information content (AvgIpc) is 2.04. The molecule has 0 unspecified atom stereocenters. The molecule has 0 atom stereocenters. The highest BCUT2D eigenvalue weighted by atomic mass is 19.3. The molecular weight excluding hydrogens is 174 g/mol. The van der Waals surface area contributed by atoms with Crippen LogP contribution < -0.4 is 5.73 Å². The number of nitrogen functional groups attached to an aromatic ring is 1. The lowest BCUT2D eigenvalue weighted by molar-refractivity contribution is 0.150. The van der Waals surface area contributed by atoms with E-state index in [-0.39, 0.29) is 5.56 Å². The Hall–Kier alpha value is -1.45. The van der Waals surface area contributed by atoms with E-state index in [2.05, 4.69) is 0 Å². The van der Waals surface area contributed by atoms with Gasteiger partial charge in [-0.15, -0.1) is 0 Å². The van der Waals surface area contributed by atoms with Gasteiger partial charge in [0, 0.05) is 23.0 Å². The molecule has 13 heavy (non-hydrogen) atoms. The van der Waals surface area contributed by atoms with E-state index in [9.17, 15) is 8.78 Å². The van der Waals surface area contributed by atoms with Crippen LogP contribution in [0.5, 0.6) is 0 Å². The van der Waals surface area contributed by atoms with Crippen LogP contribution in [0, 0.1) is 12.3 Å². The van der Waals surface area contributed by atoms with Crippen LogP contribution in [0.1, 0.15) is 23.1 Å². The molecule has 1 rings (SSSR count). The summed E-state index contributed by atoms with van der Waals surface area (Å²) in [4.78, 5) is 0. The van der Waals surface area contributed by atoms with Gasteiger partial charge in [0.2, 0.25) is 0 Å². The fourth-order valence-corrected chi connectivity index (χ4v) is 1.19. The van der Waals surface area contributed by atoms with E-state index in [1.807, 2.05) is 0 Å². The molecule has 1 aromatic carbocycles. The van der Waals surface area contributed by atoms with E-state index in [1.54, 1.807) is 0 Å². The van der Waals surface area contributed by atoms with E-state index in [0.717, 1.165) is 6.21 Å². The molecule has 0 bridgehead atoms. The van der Waals surface area contributed by atoms with Crippen molar-refractivity contribution in [3.05, 3.63) is 28.8 Å². The number of nitrogens with two attached hydrogens (primary N) is 1. The third-order valence-electron chi connectivity index (χ3n) is 1.97. The van der Waals surface area contributed by atoms with Crippen LogP contribution in [0.2, 0.25) is 0 Å². The maximum Gasteiger partial charge on any atom is 0.264 e. The first kappa shape index (κ1) is 9.64. The molecule has 0 aliphatic rings. The first-order valence-corrected chi connectivity index (χ1v) is 3.75. The summed E-state index contributed by atoms with van der Waals surface area (Å²) in [6, 6.07) is 2.69. The van der Waals surface area contributed by atoms with Crippen molar-refractivity contribution in [1.29, 1.82) is 5.41 Å². The van der Waals surface area contributed by atoms with Crippen molar-refractivity contribution < 1.29 is 8.78 Å². The van der Waals surface area contributed by atoms with Gasteiger partial charge in [0.1, 0.15) is 0 Å². The summed E-state index contributed by atoms with van der Waals surface area (Å²) in [5.74, 6) is 0. The van der Waals surface area contributed by atoms with Crippen molar-refractivity contribution in [2.75, 3.05) is 5.73 Å². The van der Waals surface area contributed by atoms with Crippen LogP contribution in [0.3, 0.4) is 0 Å². The molecule has 4 heteroatoms. The van der Waals surface area contributed by atoms with Gasteiger partial charge in [0.15, 0.2) is 0 Å². The molecule has 0 fully saturated rings. The Morgan fingerprint density at radius 3 is 2.54 bits per heavy atom. The molecule has 0 aliphatic carbocycles. The summed E-state index contributed by atoms with van der Waals surface area (Å²) in [6.07, 6.45) is -1.52. The highest BCUT2D eigenvalue weighted by Gasteiger charge is 2.13. The van der Waals surface area contributed by atoms with Gasteiger partial charge in [-0.05, 0) is 18.6 Å². The summed E-state index contributed by atoms with van der Waals surface area (Å²) in [5, 5.41) is 7.01. The quantitative estimate of drug-likeness (QED) is 0.538. The highest BCUT2D eigenvalue weighted by Crippen LogP contribution is 2.26. The molecular formula is C9H10F2N2. The Labute approximate surface area is 74.9 Å². The molecule has 0 radical (unpaired) electrons.